The Morgan fingerprint density at radius 3 is 2.65 bits per heavy atom. The molecule has 122 valence electrons. The molecule has 0 radical (unpaired) electrons. The molecule has 1 atom stereocenters. The van der Waals surface area contributed by atoms with Crippen LogP contribution in [0.25, 0.3) is 6.08 Å². The number of hydrogen-bond donors (Lipinski definition) is 0. The van der Waals surface area contributed by atoms with Gasteiger partial charge in [0.25, 0.3) is 0 Å². The molecule has 0 spiro atoms. The molecule has 0 saturated carbocycles. The Kier molecular flexibility index (Phi) is 9.16. The van der Waals surface area contributed by atoms with E-state index in [1.54, 1.807) is 6.08 Å². The standard InChI is InChI=1S/C20H25NO2/c1-3-5-10-17(4-2)16-23-20(22)19(15-21)14-9-13-18-11-7-6-8-12-18/h6-9,11-14,17H,3-5,10,16H2,1-2H3. The van der Waals surface area contributed by atoms with Gasteiger partial charge in [0.05, 0.1) is 6.61 Å². The van der Waals surface area contributed by atoms with Crippen LogP contribution in [0.5, 0.6) is 0 Å². The molecule has 0 aromatic heterocycles. The minimum absolute atomic E-state index is 0.0301. The number of nitriles is 1. The molecule has 1 aromatic carbocycles. The number of benzene rings is 1. The van der Waals surface area contributed by atoms with E-state index in [4.69, 9.17) is 10.00 Å². The van der Waals surface area contributed by atoms with E-state index in [0.29, 0.717) is 12.5 Å². The van der Waals surface area contributed by atoms with Crippen molar-refractivity contribution in [3.05, 3.63) is 53.6 Å². The summed E-state index contributed by atoms with van der Waals surface area (Å²) in [5.41, 5.74) is 1.04. The number of hydrogen-bond acceptors (Lipinski definition) is 3. The van der Waals surface area contributed by atoms with Gasteiger partial charge in [0, 0.05) is 0 Å². The van der Waals surface area contributed by atoms with Crippen LogP contribution in [0.1, 0.15) is 45.1 Å². The third-order valence-electron chi connectivity index (χ3n) is 3.68. The van der Waals surface area contributed by atoms with Crippen molar-refractivity contribution in [1.82, 2.24) is 0 Å². The maximum Gasteiger partial charge on any atom is 0.348 e. The van der Waals surface area contributed by atoms with Crippen LogP contribution in [-0.2, 0) is 9.53 Å². The van der Waals surface area contributed by atoms with Crippen LogP contribution < -0.4 is 0 Å². The summed E-state index contributed by atoms with van der Waals surface area (Å²) < 4.78 is 5.28. The molecule has 3 nitrogen and oxygen atoms in total. The zero-order chi connectivity index (χ0) is 16.9. The van der Waals surface area contributed by atoms with E-state index >= 15 is 0 Å². The van der Waals surface area contributed by atoms with Crippen molar-refractivity contribution in [2.75, 3.05) is 6.61 Å². The van der Waals surface area contributed by atoms with Crippen LogP contribution in [0.15, 0.2) is 48.1 Å². The summed E-state index contributed by atoms with van der Waals surface area (Å²) >= 11 is 0. The Hall–Kier alpha value is -2.34. The van der Waals surface area contributed by atoms with E-state index in [1.165, 1.54) is 6.08 Å². The van der Waals surface area contributed by atoms with Crippen molar-refractivity contribution in [2.24, 2.45) is 5.92 Å². The van der Waals surface area contributed by atoms with Crippen molar-refractivity contribution in [1.29, 1.82) is 5.26 Å². The van der Waals surface area contributed by atoms with Crippen molar-refractivity contribution >= 4 is 12.0 Å². The summed E-state index contributed by atoms with van der Waals surface area (Å²) in [6.45, 7) is 4.63. The molecular formula is C20H25NO2. The van der Waals surface area contributed by atoms with Gasteiger partial charge >= 0.3 is 5.97 Å². The van der Waals surface area contributed by atoms with Gasteiger partial charge in [-0.3, -0.25) is 0 Å². The van der Waals surface area contributed by atoms with Gasteiger partial charge < -0.3 is 4.74 Å². The average Bonchev–Trinajstić information content (AvgIpc) is 2.59. The predicted octanol–water partition coefficient (Wildman–Crippen LogP) is 4.91. The molecule has 0 N–H and O–H groups in total. The summed E-state index contributed by atoms with van der Waals surface area (Å²) in [5.74, 6) is -0.168. The predicted molar refractivity (Wildman–Crippen MR) is 93.4 cm³/mol. The molecule has 0 aliphatic heterocycles. The second kappa shape index (κ2) is 11.3. The fourth-order valence-corrected chi connectivity index (χ4v) is 2.14. The van der Waals surface area contributed by atoms with Crippen LogP contribution in [0.2, 0.25) is 0 Å². The molecule has 23 heavy (non-hydrogen) atoms. The Morgan fingerprint density at radius 1 is 1.30 bits per heavy atom. The van der Waals surface area contributed by atoms with E-state index in [2.05, 4.69) is 13.8 Å². The quantitative estimate of drug-likeness (QED) is 0.282. The van der Waals surface area contributed by atoms with Gasteiger partial charge in [0.1, 0.15) is 11.6 Å². The van der Waals surface area contributed by atoms with Gasteiger partial charge in [-0.1, -0.05) is 75.6 Å². The van der Waals surface area contributed by atoms with Crippen LogP contribution in [0.3, 0.4) is 0 Å². The number of esters is 1. The van der Waals surface area contributed by atoms with E-state index in [9.17, 15) is 4.79 Å². The molecule has 0 heterocycles. The molecule has 0 amide bonds. The minimum atomic E-state index is -0.542. The monoisotopic (exact) mass is 311 g/mol. The third kappa shape index (κ3) is 7.46. The number of allylic oxidation sites excluding steroid dienone is 2. The molecular weight excluding hydrogens is 286 g/mol. The average molecular weight is 311 g/mol. The zero-order valence-corrected chi connectivity index (χ0v) is 14.0. The van der Waals surface area contributed by atoms with Gasteiger partial charge in [-0.25, -0.2) is 4.79 Å². The summed E-state index contributed by atoms with van der Waals surface area (Å²) in [7, 11) is 0. The highest BCUT2D eigenvalue weighted by molar-refractivity contribution is 5.93. The van der Waals surface area contributed by atoms with E-state index in [1.807, 2.05) is 42.5 Å². The third-order valence-corrected chi connectivity index (χ3v) is 3.68. The highest BCUT2D eigenvalue weighted by Gasteiger charge is 2.13. The van der Waals surface area contributed by atoms with Gasteiger partial charge in [-0.05, 0) is 24.0 Å². The fraction of sp³-hybridized carbons (Fsp3) is 0.400. The SMILES string of the molecule is CCCCC(CC)COC(=O)C(C#N)=CC=Cc1ccccc1. The Balaban J connectivity index is 2.56. The lowest BCUT2D eigenvalue weighted by atomic mass is 10.0. The summed E-state index contributed by atoms with van der Waals surface area (Å²) in [4.78, 5) is 12.0. The minimum Gasteiger partial charge on any atom is -0.461 e. The first-order valence-corrected chi connectivity index (χ1v) is 8.21. The fourth-order valence-electron chi connectivity index (χ4n) is 2.14. The van der Waals surface area contributed by atoms with Crippen molar-refractivity contribution in [2.45, 2.75) is 39.5 Å². The lowest BCUT2D eigenvalue weighted by molar-refractivity contribution is -0.140. The lowest BCUT2D eigenvalue weighted by Crippen LogP contribution is -2.14. The molecule has 0 fully saturated rings. The molecule has 1 rings (SSSR count). The van der Waals surface area contributed by atoms with Crippen molar-refractivity contribution in [3.8, 4) is 6.07 Å². The first kappa shape index (κ1) is 18.7. The first-order valence-electron chi connectivity index (χ1n) is 8.21. The molecule has 0 saturated heterocycles. The molecule has 3 heteroatoms. The molecule has 0 aliphatic carbocycles. The van der Waals surface area contributed by atoms with Gasteiger partial charge in [-0.2, -0.15) is 5.26 Å². The number of unbranched alkanes of at least 4 members (excludes halogenated alkanes) is 1. The van der Waals surface area contributed by atoms with Crippen LogP contribution >= 0.6 is 0 Å². The molecule has 0 aliphatic rings. The van der Waals surface area contributed by atoms with Gasteiger partial charge in [0.15, 0.2) is 0 Å². The highest BCUT2D eigenvalue weighted by atomic mass is 16.5. The van der Waals surface area contributed by atoms with Crippen molar-refractivity contribution < 1.29 is 9.53 Å². The largest absolute Gasteiger partial charge is 0.461 e. The second-order valence-corrected chi connectivity index (χ2v) is 5.48. The van der Waals surface area contributed by atoms with Crippen LogP contribution in [-0.4, -0.2) is 12.6 Å². The smallest absolute Gasteiger partial charge is 0.348 e. The number of ether oxygens (including phenoxy) is 1. The number of nitrogens with zero attached hydrogens (tertiary/aromatic N) is 1. The maximum atomic E-state index is 12.0. The lowest BCUT2D eigenvalue weighted by Gasteiger charge is -2.14. The second-order valence-electron chi connectivity index (χ2n) is 5.48. The summed E-state index contributed by atoms with van der Waals surface area (Å²) in [6, 6.07) is 11.6. The normalized spacial score (nSPS) is 12.8. The Morgan fingerprint density at radius 2 is 2.04 bits per heavy atom. The summed E-state index contributed by atoms with van der Waals surface area (Å²) in [5, 5.41) is 9.10. The molecule has 1 unspecified atom stereocenters. The number of carbonyl (C=O) groups is 1. The van der Waals surface area contributed by atoms with E-state index in [0.717, 1.165) is 31.2 Å². The number of rotatable bonds is 9. The molecule has 1 aromatic rings. The number of carbonyl (C=O) groups excluding carboxylic acids is 1. The van der Waals surface area contributed by atoms with E-state index in [-0.39, 0.29) is 5.57 Å². The topological polar surface area (TPSA) is 50.1 Å². The zero-order valence-electron chi connectivity index (χ0n) is 14.0. The van der Waals surface area contributed by atoms with E-state index < -0.39 is 5.97 Å². The Bertz CT molecular complexity index is 567. The van der Waals surface area contributed by atoms with Crippen molar-refractivity contribution in [3.63, 3.8) is 0 Å². The Labute approximate surface area is 139 Å². The molecule has 0 bridgehead atoms. The van der Waals surface area contributed by atoms with Crippen LogP contribution in [0.4, 0.5) is 0 Å². The van der Waals surface area contributed by atoms with Gasteiger partial charge in [-0.15, -0.1) is 0 Å². The summed E-state index contributed by atoms with van der Waals surface area (Å²) in [6.07, 6.45) is 9.36. The van der Waals surface area contributed by atoms with Crippen LogP contribution in [0, 0.1) is 17.2 Å². The maximum absolute atomic E-state index is 12.0. The van der Waals surface area contributed by atoms with Gasteiger partial charge in [0.2, 0.25) is 0 Å². The first-order chi connectivity index (χ1) is 11.2. The highest BCUT2D eigenvalue weighted by Crippen LogP contribution is 2.13.